The average molecular weight is 204 g/mol. The van der Waals surface area contributed by atoms with Crippen LogP contribution in [0.2, 0.25) is 0 Å². The lowest BCUT2D eigenvalue weighted by atomic mass is 10.3. The summed E-state index contributed by atoms with van der Waals surface area (Å²) >= 11 is 1.28. The maximum absolute atomic E-state index is 13.0. The van der Waals surface area contributed by atoms with Crippen molar-refractivity contribution in [2.24, 2.45) is 0 Å². The zero-order valence-electron chi connectivity index (χ0n) is 6.96. The third kappa shape index (κ3) is 3.32. The second kappa shape index (κ2) is 5.19. The summed E-state index contributed by atoms with van der Waals surface area (Å²) < 4.78 is 25.4. The van der Waals surface area contributed by atoms with Crippen LogP contribution in [0.4, 0.5) is 8.78 Å². The van der Waals surface area contributed by atoms with E-state index < -0.39 is 11.6 Å². The molecule has 0 atom stereocenters. The third-order valence-electron chi connectivity index (χ3n) is 1.45. The minimum Gasteiger partial charge on any atom is -0.396 e. The first-order chi connectivity index (χ1) is 6.24. The third-order valence-corrected chi connectivity index (χ3v) is 2.59. The molecule has 0 aromatic heterocycles. The van der Waals surface area contributed by atoms with Crippen molar-refractivity contribution < 1.29 is 13.9 Å². The van der Waals surface area contributed by atoms with Crippen LogP contribution in [0, 0.1) is 11.6 Å². The predicted octanol–water partition coefficient (Wildman–Crippen LogP) is 2.44. The molecule has 0 saturated carbocycles. The number of benzene rings is 1. The highest BCUT2D eigenvalue weighted by Crippen LogP contribution is 2.22. The number of hydrogen-bond donors (Lipinski definition) is 1. The van der Waals surface area contributed by atoms with Gasteiger partial charge in [-0.05, 0) is 18.6 Å². The molecule has 0 aliphatic rings. The van der Waals surface area contributed by atoms with Gasteiger partial charge in [0, 0.05) is 23.3 Å². The van der Waals surface area contributed by atoms with Crippen LogP contribution < -0.4 is 0 Å². The normalized spacial score (nSPS) is 10.4. The van der Waals surface area contributed by atoms with Crippen molar-refractivity contribution in [3.8, 4) is 0 Å². The van der Waals surface area contributed by atoms with Crippen molar-refractivity contribution in [1.82, 2.24) is 0 Å². The molecular weight excluding hydrogens is 194 g/mol. The van der Waals surface area contributed by atoms with Crippen LogP contribution in [0.5, 0.6) is 0 Å². The largest absolute Gasteiger partial charge is 0.396 e. The van der Waals surface area contributed by atoms with E-state index in [9.17, 15) is 8.78 Å². The fourth-order valence-electron chi connectivity index (χ4n) is 0.839. The highest BCUT2D eigenvalue weighted by atomic mass is 32.2. The SMILES string of the molecule is OCCCSc1ccc(F)cc1F. The van der Waals surface area contributed by atoms with Crippen molar-refractivity contribution in [2.45, 2.75) is 11.3 Å². The molecule has 0 unspecified atom stereocenters. The lowest BCUT2D eigenvalue weighted by Crippen LogP contribution is -1.88. The zero-order chi connectivity index (χ0) is 9.68. The second-order valence-electron chi connectivity index (χ2n) is 2.50. The van der Waals surface area contributed by atoms with E-state index in [1.807, 2.05) is 0 Å². The zero-order valence-corrected chi connectivity index (χ0v) is 7.78. The van der Waals surface area contributed by atoms with Gasteiger partial charge < -0.3 is 5.11 Å². The van der Waals surface area contributed by atoms with Crippen LogP contribution in [-0.4, -0.2) is 17.5 Å². The Hall–Kier alpha value is -0.610. The van der Waals surface area contributed by atoms with E-state index in [4.69, 9.17) is 5.11 Å². The summed E-state index contributed by atoms with van der Waals surface area (Å²) in [6, 6.07) is 3.50. The van der Waals surface area contributed by atoms with E-state index in [1.54, 1.807) is 0 Å². The Balaban J connectivity index is 2.56. The fraction of sp³-hybridized carbons (Fsp3) is 0.333. The molecule has 1 aromatic rings. The van der Waals surface area contributed by atoms with Gasteiger partial charge in [-0.1, -0.05) is 0 Å². The number of halogens is 2. The van der Waals surface area contributed by atoms with Gasteiger partial charge >= 0.3 is 0 Å². The molecule has 0 heterocycles. The van der Waals surface area contributed by atoms with E-state index in [0.717, 1.165) is 6.07 Å². The Kier molecular flexibility index (Phi) is 4.18. The number of rotatable bonds is 4. The van der Waals surface area contributed by atoms with Crippen molar-refractivity contribution in [2.75, 3.05) is 12.4 Å². The Labute approximate surface area is 79.8 Å². The topological polar surface area (TPSA) is 20.2 Å². The molecule has 0 spiro atoms. The molecule has 0 radical (unpaired) electrons. The Morgan fingerprint density at radius 2 is 2.08 bits per heavy atom. The van der Waals surface area contributed by atoms with Gasteiger partial charge in [0.05, 0.1) is 0 Å². The summed E-state index contributed by atoms with van der Waals surface area (Å²) in [5.74, 6) is -0.467. The minimum absolute atomic E-state index is 0.0931. The highest BCUT2D eigenvalue weighted by molar-refractivity contribution is 7.99. The smallest absolute Gasteiger partial charge is 0.139 e. The predicted molar refractivity (Wildman–Crippen MR) is 48.8 cm³/mol. The molecule has 0 aliphatic carbocycles. The summed E-state index contributed by atoms with van der Waals surface area (Å²) in [6.07, 6.45) is 0.613. The van der Waals surface area contributed by atoms with Crippen molar-refractivity contribution in [1.29, 1.82) is 0 Å². The molecular formula is C9H10F2OS. The lowest BCUT2D eigenvalue weighted by molar-refractivity contribution is 0.296. The van der Waals surface area contributed by atoms with Gasteiger partial charge in [-0.25, -0.2) is 8.78 Å². The van der Waals surface area contributed by atoms with E-state index in [-0.39, 0.29) is 6.61 Å². The maximum atomic E-state index is 13.0. The molecule has 4 heteroatoms. The molecule has 1 rings (SSSR count). The number of aliphatic hydroxyl groups excluding tert-OH is 1. The van der Waals surface area contributed by atoms with Crippen LogP contribution in [-0.2, 0) is 0 Å². The van der Waals surface area contributed by atoms with Crippen molar-refractivity contribution >= 4 is 11.8 Å². The van der Waals surface area contributed by atoms with Gasteiger partial charge in [-0.2, -0.15) is 0 Å². The number of aliphatic hydroxyl groups is 1. The van der Waals surface area contributed by atoms with Crippen LogP contribution >= 0.6 is 11.8 Å². The number of thioether (sulfide) groups is 1. The Morgan fingerprint density at radius 3 is 2.69 bits per heavy atom. The summed E-state index contributed by atoms with van der Waals surface area (Å²) in [5, 5.41) is 8.49. The first-order valence-electron chi connectivity index (χ1n) is 3.93. The van der Waals surface area contributed by atoms with E-state index >= 15 is 0 Å². The molecule has 0 fully saturated rings. The van der Waals surface area contributed by atoms with Gasteiger partial charge in [0.1, 0.15) is 11.6 Å². The quantitative estimate of drug-likeness (QED) is 0.600. The van der Waals surface area contributed by atoms with Gasteiger partial charge in [0.15, 0.2) is 0 Å². The van der Waals surface area contributed by atoms with Crippen LogP contribution in [0.25, 0.3) is 0 Å². The molecule has 0 bridgehead atoms. The van der Waals surface area contributed by atoms with E-state index in [0.29, 0.717) is 17.1 Å². The summed E-state index contributed by atoms with van der Waals surface area (Å²) in [4.78, 5) is 0.426. The second-order valence-corrected chi connectivity index (χ2v) is 3.64. The van der Waals surface area contributed by atoms with Gasteiger partial charge in [0.25, 0.3) is 0 Å². The van der Waals surface area contributed by atoms with Crippen molar-refractivity contribution in [3.05, 3.63) is 29.8 Å². The number of hydrogen-bond acceptors (Lipinski definition) is 2. The van der Waals surface area contributed by atoms with Crippen LogP contribution in [0.15, 0.2) is 23.1 Å². The standard InChI is InChI=1S/C9H10F2OS/c10-7-2-3-9(8(11)6-7)13-5-1-4-12/h2-3,6,12H,1,4-5H2. The van der Waals surface area contributed by atoms with Crippen molar-refractivity contribution in [3.63, 3.8) is 0 Å². The summed E-state index contributed by atoms with van der Waals surface area (Å²) in [7, 11) is 0. The molecule has 1 nitrogen and oxygen atoms in total. The first-order valence-corrected chi connectivity index (χ1v) is 4.91. The molecule has 0 saturated heterocycles. The maximum Gasteiger partial charge on any atom is 0.139 e. The molecule has 0 aliphatic heterocycles. The molecule has 1 aromatic carbocycles. The molecule has 1 N–H and O–H groups in total. The van der Waals surface area contributed by atoms with E-state index in [2.05, 4.69) is 0 Å². The average Bonchev–Trinajstić information content (AvgIpc) is 2.09. The Morgan fingerprint density at radius 1 is 1.31 bits per heavy atom. The molecule has 0 amide bonds. The van der Waals surface area contributed by atoms with Gasteiger partial charge in [0.2, 0.25) is 0 Å². The lowest BCUT2D eigenvalue weighted by Gasteiger charge is -2.01. The highest BCUT2D eigenvalue weighted by Gasteiger charge is 2.03. The van der Waals surface area contributed by atoms with E-state index in [1.165, 1.54) is 23.9 Å². The summed E-state index contributed by atoms with van der Waals surface area (Å²) in [5.41, 5.74) is 0. The minimum atomic E-state index is -0.566. The monoisotopic (exact) mass is 204 g/mol. The van der Waals surface area contributed by atoms with Crippen LogP contribution in [0.3, 0.4) is 0 Å². The van der Waals surface area contributed by atoms with Crippen LogP contribution in [0.1, 0.15) is 6.42 Å². The summed E-state index contributed by atoms with van der Waals surface area (Å²) in [6.45, 7) is 0.0931. The molecule has 13 heavy (non-hydrogen) atoms. The molecule has 72 valence electrons. The first kappa shape index (κ1) is 10.5. The van der Waals surface area contributed by atoms with Gasteiger partial charge in [-0.15, -0.1) is 11.8 Å². The van der Waals surface area contributed by atoms with Gasteiger partial charge in [-0.3, -0.25) is 0 Å². The Bertz CT molecular complexity index is 278. The fourth-order valence-corrected chi connectivity index (χ4v) is 1.69.